The van der Waals surface area contributed by atoms with E-state index in [-0.39, 0.29) is 22.7 Å². The van der Waals surface area contributed by atoms with Gasteiger partial charge in [-0.25, -0.2) is 9.67 Å². The molecule has 176 valence electrons. The summed E-state index contributed by atoms with van der Waals surface area (Å²) in [7, 11) is 3.48. The fourth-order valence-electron chi connectivity index (χ4n) is 4.36. The molecule has 0 unspecified atom stereocenters. The number of nitrogens with one attached hydrogen (secondary N) is 1. The van der Waals surface area contributed by atoms with Gasteiger partial charge in [0.15, 0.2) is 5.16 Å². The van der Waals surface area contributed by atoms with Gasteiger partial charge in [0.25, 0.3) is 11.1 Å². The Kier molecular flexibility index (Phi) is 5.73. The largest absolute Gasteiger partial charge is 0.319 e. The van der Waals surface area contributed by atoms with E-state index in [9.17, 15) is 14.4 Å². The van der Waals surface area contributed by atoms with E-state index in [0.717, 1.165) is 40.7 Å². The van der Waals surface area contributed by atoms with Crippen molar-refractivity contribution in [2.75, 3.05) is 5.32 Å². The number of thioether (sulfide) groups is 1. The van der Waals surface area contributed by atoms with Crippen LogP contribution in [0.15, 0.2) is 45.1 Å². The standard InChI is InChI=1S/C24H25N5O3S2/c1-13-19(23(32)29(28(13)4)15-9-6-5-7-10-15)25-20(30)14(2)33-24-26-21-18(22(31)27(24)3)16-11-8-12-17(16)34-21/h5-7,9-10,14H,8,11-12H2,1-4H3,(H,25,30)/t14-/m1/s1. The van der Waals surface area contributed by atoms with Crippen molar-refractivity contribution < 1.29 is 4.79 Å². The van der Waals surface area contributed by atoms with Gasteiger partial charge < -0.3 is 5.32 Å². The highest BCUT2D eigenvalue weighted by atomic mass is 32.2. The van der Waals surface area contributed by atoms with E-state index in [2.05, 4.69) is 5.32 Å². The number of carbonyl (C=O) groups excluding carboxylic acids is 1. The first-order chi connectivity index (χ1) is 16.3. The minimum Gasteiger partial charge on any atom is -0.319 e. The number of aryl methyl sites for hydroxylation is 2. The monoisotopic (exact) mass is 495 g/mol. The van der Waals surface area contributed by atoms with Gasteiger partial charge in [-0.1, -0.05) is 30.0 Å². The van der Waals surface area contributed by atoms with Crippen molar-refractivity contribution in [3.05, 3.63) is 67.2 Å². The molecule has 0 radical (unpaired) electrons. The lowest BCUT2D eigenvalue weighted by atomic mass is 10.2. The minimum absolute atomic E-state index is 0.0656. The number of amides is 1. The molecule has 0 aliphatic heterocycles. The summed E-state index contributed by atoms with van der Waals surface area (Å²) in [5, 5.41) is 3.46. The van der Waals surface area contributed by atoms with Gasteiger partial charge in [-0.3, -0.25) is 23.6 Å². The Morgan fingerprint density at radius 1 is 1.15 bits per heavy atom. The number of rotatable bonds is 5. The Balaban J connectivity index is 1.41. The molecule has 1 aliphatic carbocycles. The Morgan fingerprint density at radius 2 is 1.88 bits per heavy atom. The highest BCUT2D eigenvalue weighted by Crippen LogP contribution is 2.35. The zero-order chi connectivity index (χ0) is 24.1. The summed E-state index contributed by atoms with van der Waals surface area (Å²) in [6.07, 6.45) is 3.01. The second-order valence-corrected chi connectivity index (χ2v) is 10.9. The summed E-state index contributed by atoms with van der Waals surface area (Å²) in [6.45, 7) is 3.54. The van der Waals surface area contributed by atoms with Gasteiger partial charge in [0, 0.05) is 19.0 Å². The number of para-hydroxylation sites is 1. The molecule has 8 nitrogen and oxygen atoms in total. The first-order valence-corrected chi connectivity index (χ1v) is 12.8. The summed E-state index contributed by atoms with van der Waals surface area (Å²) >= 11 is 2.80. The van der Waals surface area contributed by atoms with Crippen LogP contribution in [-0.2, 0) is 31.7 Å². The summed E-state index contributed by atoms with van der Waals surface area (Å²) in [6, 6.07) is 9.28. The first kappa shape index (κ1) is 22.7. The van der Waals surface area contributed by atoms with Crippen LogP contribution in [0.4, 0.5) is 5.69 Å². The number of nitrogens with zero attached hydrogens (tertiary/aromatic N) is 4. The van der Waals surface area contributed by atoms with Crippen molar-refractivity contribution in [2.24, 2.45) is 14.1 Å². The molecular formula is C24H25N5O3S2. The van der Waals surface area contributed by atoms with E-state index < -0.39 is 5.25 Å². The molecule has 34 heavy (non-hydrogen) atoms. The van der Waals surface area contributed by atoms with E-state index in [1.165, 1.54) is 25.9 Å². The number of fused-ring (bicyclic) bond motifs is 3. The molecule has 0 fully saturated rings. The molecule has 1 atom stereocenters. The maximum Gasteiger partial charge on any atom is 0.295 e. The maximum atomic E-state index is 13.1. The molecule has 3 aromatic heterocycles. The second-order valence-electron chi connectivity index (χ2n) is 8.48. The number of anilines is 1. The first-order valence-electron chi connectivity index (χ1n) is 11.1. The number of thiophene rings is 1. The highest BCUT2D eigenvalue weighted by Gasteiger charge is 2.25. The van der Waals surface area contributed by atoms with Crippen molar-refractivity contribution in [2.45, 2.75) is 43.5 Å². The van der Waals surface area contributed by atoms with Crippen molar-refractivity contribution in [1.29, 1.82) is 0 Å². The van der Waals surface area contributed by atoms with E-state index >= 15 is 0 Å². The van der Waals surface area contributed by atoms with Gasteiger partial charge in [-0.05, 0) is 50.8 Å². The zero-order valence-corrected chi connectivity index (χ0v) is 21.0. The van der Waals surface area contributed by atoms with Crippen molar-refractivity contribution in [3.8, 4) is 5.69 Å². The molecule has 1 aromatic carbocycles. The van der Waals surface area contributed by atoms with Gasteiger partial charge in [0.1, 0.15) is 10.5 Å². The van der Waals surface area contributed by atoms with Crippen LogP contribution in [0.25, 0.3) is 15.9 Å². The molecule has 1 N–H and O–H groups in total. The summed E-state index contributed by atoms with van der Waals surface area (Å²) in [5.41, 5.74) is 2.40. The number of hydrogen-bond donors (Lipinski definition) is 1. The molecule has 10 heteroatoms. The van der Waals surface area contributed by atoms with Crippen LogP contribution in [-0.4, -0.2) is 30.1 Å². The fourth-order valence-corrected chi connectivity index (χ4v) is 6.54. The Hall–Kier alpha value is -3.11. The van der Waals surface area contributed by atoms with Crippen LogP contribution in [0.5, 0.6) is 0 Å². The predicted molar refractivity (Wildman–Crippen MR) is 137 cm³/mol. The maximum absolute atomic E-state index is 13.1. The zero-order valence-electron chi connectivity index (χ0n) is 19.4. The van der Waals surface area contributed by atoms with Gasteiger partial charge in [-0.15, -0.1) is 11.3 Å². The minimum atomic E-state index is -0.563. The van der Waals surface area contributed by atoms with Gasteiger partial charge >= 0.3 is 0 Å². The molecule has 1 amide bonds. The lowest BCUT2D eigenvalue weighted by Gasteiger charge is -2.13. The summed E-state index contributed by atoms with van der Waals surface area (Å²) in [5.74, 6) is -0.320. The Morgan fingerprint density at radius 3 is 2.62 bits per heavy atom. The van der Waals surface area contributed by atoms with Gasteiger partial charge in [0.05, 0.1) is 22.0 Å². The van der Waals surface area contributed by atoms with Crippen LogP contribution in [0.2, 0.25) is 0 Å². The van der Waals surface area contributed by atoms with Crippen LogP contribution in [0.1, 0.15) is 29.5 Å². The van der Waals surface area contributed by atoms with Crippen molar-refractivity contribution >= 4 is 44.9 Å². The molecule has 0 saturated carbocycles. The molecule has 1 aliphatic rings. The smallest absolute Gasteiger partial charge is 0.295 e. The number of aromatic nitrogens is 4. The number of carbonyl (C=O) groups is 1. The lowest BCUT2D eigenvalue weighted by Crippen LogP contribution is -2.28. The van der Waals surface area contributed by atoms with Gasteiger partial charge in [0.2, 0.25) is 5.91 Å². The highest BCUT2D eigenvalue weighted by molar-refractivity contribution is 8.00. The van der Waals surface area contributed by atoms with Crippen LogP contribution in [0.3, 0.4) is 0 Å². The van der Waals surface area contributed by atoms with E-state index in [0.29, 0.717) is 10.9 Å². The third-order valence-corrected chi connectivity index (χ3v) is 8.69. The average Bonchev–Trinajstić information content (AvgIpc) is 3.46. The number of hydrogen-bond acceptors (Lipinski definition) is 6. The molecule has 5 rings (SSSR count). The van der Waals surface area contributed by atoms with Gasteiger partial charge in [-0.2, -0.15) is 0 Å². The third kappa shape index (κ3) is 3.61. The molecular weight excluding hydrogens is 470 g/mol. The fraction of sp³-hybridized carbons (Fsp3) is 0.333. The van der Waals surface area contributed by atoms with E-state index in [1.807, 2.05) is 30.3 Å². The topological polar surface area (TPSA) is 90.9 Å². The average molecular weight is 496 g/mol. The Labute approximate surface area is 204 Å². The predicted octanol–water partition coefficient (Wildman–Crippen LogP) is 3.40. The van der Waals surface area contributed by atoms with Crippen LogP contribution in [0, 0.1) is 6.92 Å². The van der Waals surface area contributed by atoms with Crippen LogP contribution >= 0.6 is 23.1 Å². The molecule has 4 aromatic rings. The van der Waals surface area contributed by atoms with E-state index in [1.54, 1.807) is 44.0 Å². The van der Waals surface area contributed by atoms with Crippen molar-refractivity contribution in [3.63, 3.8) is 0 Å². The Bertz CT molecular complexity index is 1550. The quantitative estimate of drug-likeness (QED) is 0.339. The molecule has 3 heterocycles. The van der Waals surface area contributed by atoms with Crippen LogP contribution < -0.4 is 16.4 Å². The third-order valence-electron chi connectivity index (χ3n) is 6.36. The molecule has 0 spiro atoms. The number of benzene rings is 1. The SMILES string of the molecule is Cc1c(NC(=O)[C@@H](C)Sc2nc3sc4c(c3c(=O)n2C)CCC4)c(=O)n(-c2ccccc2)n1C. The lowest BCUT2D eigenvalue weighted by molar-refractivity contribution is -0.115. The van der Waals surface area contributed by atoms with E-state index in [4.69, 9.17) is 4.98 Å². The second kappa shape index (κ2) is 8.59. The summed E-state index contributed by atoms with van der Waals surface area (Å²) < 4.78 is 4.77. The summed E-state index contributed by atoms with van der Waals surface area (Å²) in [4.78, 5) is 45.9. The normalized spacial score (nSPS) is 13.9. The molecule has 0 bridgehead atoms. The van der Waals surface area contributed by atoms with Crippen molar-refractivity contribution in [1.82, 2.24) is 18.9 Å². The molecule has 0 saturated heterocycles.